The standard InChI is InChI=1S/C14H20N2O4/c1-10(9-20-2)15-14(19)16-12(13(17)18)8-11-6-4-3-5-7-11/h3-7,10,12H,8-9H2,1-2H3,(H,17,18)(H2,15,16,19)/t10?,12-/m1/s1. The van der Waals surface area contributed by atoms with Crippen molar-refractivity contribution in [3.63, 3.8) is 0 Å². The molecule has 0 aliphatic carbocycles. The number of carboxylic acids is 1. The van der Waals surface area contributed by atoms with Crippen LogP contribution < -0.4 is 10.6 Å². The number of hydrogen-bond acceptors (Lipinski definition) is 3. The van der Waals surface area contributed by atoms with Crippen molar-refractivity contribution in [3.05, 3.63) is 35.9 Å². The van der Waals surface area contributed by atoms with Crippen LogP contribution in [0.2, 0.25) is 0 Å². The lowest BCUT2D eigenvalue weighted by atomic mass is 10.1. The lowest BCUT2D eigenvalue weighted by Gasteiger charge is -2.18. The van der Waals surface area contributed by atoms with Crippen LogP contribution in [0.3, 0.4) is 0 Å². The average Bonchev–Trinajstić information content (AvgIpc) is 2.39. The highest BCUT2D eigenvalue weighted by Crippen LogP contribution is 2.03. The lowest BCUT2D eigenvalue weighted by Crippen LogP contribution is -2.50. The molecule has 2 amide bonds. The molecule has 0 aliphatic rings. The van der Waals surface area contributed by atoms with E-state index in [9.17, 15) is 9.59 Å². The number of rotatable bonds is 7. The molecule has 1 unspecified atom stereocenters. The molecular formula is C14H20N2O4. The van der Waals surface area contributed by atoms with Gasteiger partial charge >= 0.3 is 12.0 Å². The van der Waals surface area contributed by atoms with Crippen molar-refractivity contribution >= 4 is 12.0 Å². The Kier molecular flexibility index (Phi) is 6.52. The zero-order chi connectivity index (χ0) is 15.0. The van der Waals surface area contributed by atoms with Gasteiger partial charge in [0, 0.05) is 13.5 Å². The van der Waals surface area contributed by atoms with Crippen LogP contribution in [0.25, 0.3) is 0 Å². The third-order valence-corrected chi connectivity index (χ3v) is 2.68. The fourth-order valence-corrected chi connectivity index (χ4v) is 1.77. The summed E-state index contributed by atoms with van der Waals surface area (Å²) in [5.41, 5.74) is 0.852. The predicted molar refractivity (Wildman–Crippen MR) is 74.6 cm³/mol. The van der Waals surface area contributed by atoms with Crippen molar-refractivity contribution in [2.45, 2.75) is 25.4 Å². The number of aliphatic carboxylic acids is 1. The number of carboxylic acid groups (broad SMARTS) is 1. The molecule has 1 aromatic rings. The molecule has 0 aliphatic heterocycles. The molecule has 2 atom stereocenters. The summed E-state index contributed by atoms with van der Waals surface area (Å²) < 4.78 is 4.89. The summed E-state index contributed by atoms with van der Waals surface area (Å²) >= 11 is 0. The Morgan fingerprint density at radius 1 is 1.25 bits per heavy atom. The van der Waals surface area contributed by atoms with Crippen LogP contribution in [0.4, 0.5) is 4.79 Å². The molecule has 0 spiro atoms. The van der Waals surface area contributed by atoms with Crippen molar-refractivity contribution in [1.82, 2.24) is 10.6 Å². The zero-order valence-electron chi connectivity index (χ0n) is 11.6. The predicted octanol–water partition coefficient (Wildman–Crippen LogP) is 1.02. The molecule has 110 valence electrons. The van der Waals surface area contributed by atoms with Gasteiger partial charge in [-0.05, 0) is 12.5 Å². The number of nitrogens with one attached hydrogen (secondary N) is 2. The van der Waals surface area contributed by atoms with Gasteiger partial charge in [0.15, 0.2) is 0 Å². The molecule has 6 nitrogen and oxygen atoms in total. The van der Waals surface area contributed by atoms with Gasteiger partial charge in [0.25, 0.3) is 0 Å². The lowest BCUT2D eigenvalue weighted by molar-refractivity contribution is -0.139. The Hall–Kier alpha value is -2.08. The van der Waals surface area contributed by atoms with Gasteiger partial charge in [0.1, 0.15) is 6.04 Å². The fourth-order valence-electron chi connectivity index (χ4n) is 1.77. The van der Waals surface area contributed by atoms with Crippen LogP contribution in [0.5, 0.6) is 0 Å². The van der Waals surface area contributed by atoms with E-state index in [1.807, 2.05) is 30.3 Å². The third kappa shape index (κ3) is 5.71. The zero-order valence-corrected chi connectivity index (χ0v) is 11.6. The smallest absolute Gasteiger partial charge is 0.326 e. The first-order valence-electron chi connectivity index (χ1n) is 6.35. The number of carbonyl (C=O) groups excluding carboxylic acids is 1. The van der Waals surface area contributed by atoms with Gasteiger partial charge in [-0.15, -0.1) is 0 Å². The quantitative estimate of drug-likeness (QED) is 0.695. The van der Waals surface area contributed by atoms with E-state index in [1.165, 1.54) is 7.11 Å². The first-order chi connectivity index (χ1) is 9.52. The maximum Gasteiger partial charge on any atom is 0.326 e. The summed E-state index contributed by atoms with van der Waals surface area (Å²) in [5, 5.41) is 14.2. The number of carbonyl (C=O) groups is 2. The molecule has 0 saturated carbocycles. The van der Waals surface area contributed by atoms with Crippen molar-refractivity contribution < 1.29 is 19.4 Å². The van der Waals surface area contributed by atoms with Crippen molar-refractivity contribution in [2.24, 2.45) is 0 Å². The van der Waals surface area contributed by atoms with E-state index < -0.39 is 18.0 Å². The van der Waals surface area contributed by atoms with Gasteiger partial charge in [-0.25, -0.2) is 9.59 Å². The van der Waals surface area contributed by atoms with Crippen LogP contribution in [0.15, 0.2) is 30.3 Å². The van der Waals surface area contributed by atoms with Gasteiger partial charge in [-0.1, -0.05) is 30.3 Å². The SMILES string of the molecule is COCC(C)NC(=O)N[C@H](Cc1ccccc1)C(=O)O. The minimum absolute atomic E-state index is 0.189. The Balaban J connectivity index is 2.55. The molecule has 3 N–H and O–H groups in total. The van der Waals surface area contributed by atoms with E-state index in [0.29, 0.717) is 6.61 Å². The minimum atomic E-state index is -1.07. The first kappa shape index (κ1) is 16.0. The summed E-state index contributed by atoms with van der Waals surface area (Å²) in [6, 6.07) is 7.48. The Morgan fingerprint density at radius 2 is 1.90 bits per heavy atom. The van der Waals surface area contributed by atoms with Crippen LogP contribution >= 0.6 is 0 Å². The van der Waals surface area contributed by atoms with Crippen LogP contribution in [0, 0.1) is 0 Å². The molecule has 6 heteroatoms. The maximum absolute atomic E-state index is 11.7. The van der Waals surface area contributed by atoms with Gasteiger partial charge in [0.2, 0.25) is 0 Å². The van der Waals surface area contributed by atoms with Crippen molar-refractivity contribution in [3.8, 4) is 0 Å². The number of amides is 2. The van der Waals surface area contributed by atoms with Crippen LogP contribution in [-0.4, -0.2) is 42.9 Å². The van der Waals surface area contributed by atoms with E-state index in [-0.39, 0.29) is 12.5 Å². The van der Waals surface area contributed by atoms with Crippen molar-refractivity contribution in [2.75, 3.05) is 13.7 Å². The highest BCUT2D eigenvalue weighted by Gasteiger charge is 2.20. The molecule has 20 heavy (non-hydrogen) atoms. The first-order valence-corrected chi connectivity index (χ1v) is 6.35. The molecule has 1 rings (SSSR count). The van der Waals surface area contributed by atoms with E-state index >= 15 is 0 Å². The molecule has 0 fully saturated rings. The normalized spacial score (nSPS) is 13.3. The highest BCUT2D eigenvalue weighted by molar-refractivity contribution is 5.82. The summed E-state index contributed by atoms with van der Waals surface area (Å²) in [7, 11) is 1.53. The molecule has 0 radical (unpaired) electrons. The van der Waals surface area contributed by atoms with Gasteiger partial charge in [-0.3, -0.25) is 0 Å². The molecule has 0 saturated heterocycles. The summed E-state index contributed by atoms with van der Waals surface area (Å²) in [5.74, 6) is -1.07. The number of methoxy groups -OCH3 is 1. The highest BCUT2D eigenvalue weighted by atomic mass is 16.5. The molecule has 1 aromatic carbocycles. The largest absolute Gasteiger partial charge is 0.480 e. The topological polar surface area (TPSA) is 87.7 Å². The van der Waals surface area contributed by atoms with Gasteiger partial charge in [0.05, 0.1) is 12.6 Å². The molecule has 0 bridgehead atoms. The van der Waals surface area contributed by atoms with E-state index in [4.69, 9.17) is 9.84 Å². The van der Waals surface area contributed by atoms with Crippen LogP contribution in [0.1, 0.15) is 12.5 Å². The van der Waals surface area contributed by atoms with Gasteiger partial charge < -0.3 is 20.5 Å². The Labute approximate surface area is 118 Å². The van der Waals surface area contributed by atoms with E-state index in [1.54, 1.807) is 6.92 Å². The van der Waals surface area contributed by atoms with E-state index in [0.717, 1.165) is 5.56 Å². The second kappa shape index (κ2) is 8.16. The third-order valence-electron chi connectivity index (χ3n) is 2.68. The second-order valence-corrected chi connectivity index (χ2v) is 4.55. The van der Waals surface area contributed by atoms with Crippen molar-refractivity contribution in [1.29, 1.82) is 0 Å². The summed E-state index contributed by atoms with van der Waals surface area (Å²) in [4.78, 5) is 22.9. The maximum atomic E-state index is 11.7. The van der Waals surface area contributed by atoms with Crippen LogP contribution in [-0.2, 0) is 16.0 Å². The van der Waals surface area contributed by atoms with Gasteiger partial charge in [-0.2, -0.15) is 0 Å². The molecule has 0 aromatic heterocycles. The molecule has 0 heterocycles. The number of ether oxygens (including phenoxy) is 1. The number of benzene rings is 1. The number of hydrogen-bond donors (Lipinski definition) is 3. The minimum Gasteiger partial charge on any atom is -0.480 e. The second-order valence-electron chi connectivity index (χ2n) is 4.55. The Bertz CT molecular complexity index is 436. The summed E-state index contributed by atoms with van der Waals surface area (Å²) in [6.07, 6.45) is 0.238. The molecular weight excluding hydrogens is 260 g/mol. The van der Waals surface area contributed by atoms with E-state index in [2.05, 4.69) is 10.6 Å². The number of urea groups is 1. The fraction of sp³-hybridized carbons (Fsp3) is 0.429. The summed E-state index contributed by atoms with van der Waals surface area (Å²) in [6.45, 7) is 2.14. The Morgan fingerprint density at radius 3 is 2.45 bits per heavy atom. The average molecular weight is 280 g/mol. The monoisotopic (exact) mass is 280 g/mol.